The number of nitrogens with zero attached hydrogens (tertiary/aromatic N) is 1. The van der Waals surface area contributed by atoms with Gasteiger partial charge in [-0.05, 0) is 45.3 Å². The number of rotatable bonds is 5. The second-order valence-electron chi connectivity index (χ2n) is 4.18. The van der Waals surface area contributed by atoms with Crippen LogP contribution in [0.25, 0.3) is 0 Å². The summed E-state index contributed by atoms with van der Waals surface area (Å²) in [5.74, 6) is 0.0314. The lowest BCUT2D eigenvalue weighted by atomic mass is 10.0. The summed E-state index contributed by atoms with van der Waals surface area (Å²) in [5, 5.41) is 10.1. The van der Waals surface area contributed by atoms with Gasteiger partial charge in [0.2, 0.25) is 0 Å². The summed E-state index contributed by atoms with van der Waals surface area (Å²) in [6.45, 7) is -2.88. The molecule has 1 unspecified atom stereocenters. The van der Waals surface area contributed by atoms with Crippen LogP contribution in [0.4, 0.5) is 8.78 Å². The molecule has 2 aromatic rings. The predicted molar refractivity (Wildman–Crippen MR) is 73.7 cm³/mol. The molecule has 106 valence electrons. The lowest BCUT2D eigenvalue weighted by molar-refractivity contribution is -0.0499. The number of aliphatic hydroxyl groups excluding tert-OH is 1. The van der Waals surface area contributed by atoms with Crippen LogP contribution in [0.2, 0.25) is 0 Å². The first kappa shape index (κ1) is 14.9. The largest absolute Gasteiger partial charge is 0.435 e. The van der Waals surface area contributed by atoms with E-state index in [1.165, 1.54) is 12.1 Å². The highest BCUT2D eigenvalue weighted by atomic mass is 79.9. The first-order valence-corrected chi connectivity index (χ1v) is 6.66. The van der Waals surface area contributed by atoms with Gasteiger partial charge in [-0.15, -0.1) is 0 Å². The van der Waals surface area contributed by atoms with E-state index < -0.39 is 12.7 Å². The molecule has 1 N–H and O–H groups in total. The molecule has 20 heavy (non-hydrogen) atoms. The molecule has 0 fully saturated rings. The van der Waals surface area contributed by atoms with Crippen LogP contribution in [0.5, 0.6) is 5.75 Å². The number of pyridine rings is 1. The first-order valence-electron chi connectivity index (χ1n) is 5.87. The van der Waals surface area contributed by atoms with E-state index in [1.54, 1.807) is 24.5 Å². The molecule has 6 heteroatoms. The topological polar surface area (TPSA) is 42.4 Å². The molecule has 2 rings (SSSR count). The highest BCUT2D eigenvalue weighted by Gasteiger charge is 2.11. The zero-order chi connectivity index (χ0) is 14.5. The molecule has 0 amide bonds. The lowest BCUT2D eigenvalue weighted by Gasteiger charge is -2.13. The Morgan fingerprint density at radius 1 is 1.25 bits per heavy atom. The average Bonchev–Trinajstić information content (AvgIpc) is 2.38. The minimum atomic E-state index is -2.88. The summed E-state index contributed by atoms with van der Waals surface area (Å²) >= 11 is 3.30. The second-order valence-corrected chi connectivity index (χ2v) is 5.10. The van der Waals surface area contributed by atoms with Gasteiger partial charge in [0.1, 0.15) is 5.75 Å². The Balaban J connectivity index is 2.10. The summed E-state index contributed by atoms with van der Waals surface area (Å²) in [6.07, 6.45) is 2.82. The van der Waals surface area contributed by atoms with Crippen molar-refractivity contribution in [3.8, 4) is 5.75 Å². The first-order chi connectivity index (χ1) is 9.54. The van der Waals surface area contributed by atoms with Crippen molar-refractivity contribution in [2.24, 2.45) is 0 Å². The van der Waals surface area contributed by atoms with Crippen molar-refractivity contribution in [2.45, 2.75) is 19.1 Å². The summed E-state index contributed by atoms with van der Waals surface area (Å²) in [7, 11) is 0. The molecular weight excluding hydrogens is 332 g/mol. The molecule has 1 aromatic heterocycles. The maximum atomic E-state index is 12.1. The van der Waals surface area contributed by atoms with Crippen LogP contribution in [-0.4, -0.2) is 16.7 Å². The molecule has 0 radical (unpaired) electrons. The number of ether oxygens (including phenoxy) is 1. The van der Waals surface area contributed by atoms with E-state index in [4.69, 9.17) is 0 Å². The molecule has 1 atom stereocenters. The SMILES string of the molecule is OC(Cc1cncc(Br)c1)c1cccc(OC(F)F)c1. The van der Waals surface area contributed by atoms with Gasteiger partial charge in [-0.25, -0.2) is 0 Å². The summed E-state index contributed by atoms with van der Waals surface area (Å²) in [4.78, 5) is 4.01. The second kappa shape index (κ2) is 6.76. The molecule has 0 aliphatic carbocycles. The van der Waals surface area contributed by atoms with E-state index in [0.717, 1.165) is 10.0 Å². The Kier molecular flexibility index (Phi) is 5.03. The third-order valence-corrected chi connectivity index (χ3v) is 3.09. The van der Waals surface area contributed by atoms with Crippen molar-refractivity contribution < 1.29 is 18.6 Å². The highest BCUT2D eigenvalue weighted by molar-refractivity contribution is 9.10. The maximum absolute atomic E-state index is 12.1. The molecule has 0 aliphatic heterocycles. The van der Waals surface area contributed by atoms with Crippen LogP contribution in [0.15, 0.2) is 47.2 Å². The van der Waals surface area contributed by atoms with Gasteiger partial charge < -0.3 is 9.84 Å². The monoisotopic (exact) mass is 343 g/mol. The van der Waals surface area contributed by atoms with Crippen molar-refractivity contribution in [1.29, 1.82) is 0 Å². The van der Waals surface area contributed by atoms with Gasteiger partial charge in [0.05, 0.1) is 6.10 Å². The zero-order valence-electron chi connectivity index (χ0n) is 10.3. The number of benzene rings is 1. The molecule has 0 aliphatic rings. The fourth-order valence-corrected chi connectivity index (χ4v) is 2.22. The summed E-state index contributed by atoms with van der Waals surface area (Å²) < 4.78 is 29.4. The van der Waals surface area contributed by atoms with Crippen molar-refractivity contribution in [2.75, 3.05) is 0 Å². The van der Waals surface area contributed by atoms with Gasteiger partial charge in [-0.3, -0.25) is 4.98 Å². The van der Waals surface area contributed by atoms with Crippen LogP contribution in [0.3, 0.4) is 0 Å². The minimum Gasteiger partial charge on any atom is -0.435 e. The van der Waals surface area contributed by atoms with Crippen molar-refractivity contribution in [1.82, 2.24) is 4.98 Å². The normalized spacial score (nSPS) is 12.4. The number of hydrogen-bond acceptors (Lipinski definition) is 3. The number of aromatic nitrogens is 1. The predicted octanol–water partition coefficient (Wildman–Crippen LogP) is 3.72. The van der Waals surface area contributed by atoms with Gasteiger partial charge in [0.15, 0.2) is 0 Å². The maximum Gasteiger partial charge on any atom is 0.387 e. The summed E-state index contributed by atoms with van der Waals surface area (Å²) in [6, 6.07) is 7.89. The van der Waals surface area contributed by atoms with E-state index >= 15 is 0 Å². The van der Waals surface area contributed by atoms with E-state index in [1.807, 2.05) is 6.07 Å². The zero-order valence-corrected chi connectivity index (χ0v) is 11.9. The molecule has 0 saturated carbocycles. The van der Waals surface area contributed by atoms with Crippen molar-refractivity contribution in [3.05, 3.63) is 58.3 Å². The fraction of sp³-hybridized carbons (Fsp3) is 0.214. The average molecular weight is 344 g/mol. The Morgan fingerprint density at radius 2 is 2.05 bits per heavy atom. The minimum absolute atomic E-state index is 0.0314. The molecule has 0 saturated heterocycles. The molecule has 0 spiro atoms. The summed E-state index contributed by atoms with van der Waals surface area (Å²) in [5.41, 5.74) is 1.36. The van der Waals surface area contributed by atoms with Crippen LogP contribution >= 0.6 is 15.9 Å². The van der Waals surface area contributed by atoms with Crippen LogP contribution in [-0.2, 0) is 6.42 Å². The number of hydrogen-bond donors (Lipinski definition) is 1. The molecular formula is C14H12BrF2NO2. The van der Waals surface area contributed by atoms with Crippen LogP contribution in [0, 0.1) is 0 Å². The van der Waals surface area contributed by atoms with E-state index in [-0.39, 0.29) is 5.75 Å². The smallest absolute Gasteiger partial charge is 0.387 e. The lowest BCUT2D eigenvalue weighted by Crippen LogP contribution is -2.05. The van der Waals surface area contributed by atoms with E-state index in [0.29, 0.717) is 12.0 Å². The number of halogens is 3. The Morgan fingerprint density at radius 3 is 2.75 bits per heavy atom. The third kappa shape index (κ3) is 4.25. The third-order valence-electron chi connectivity index (χ3n) is 2.66. The van der Waals surface area contributed by atoms with Gasteiger partial charge in [0.25, 0.3) is 0 Å². The number of alkyl halides is 2. The Bertz CT molecular complexity index is 581. The van der Waals surface area contributed by atoms with Gasteiger partial charge in [-0.1, -0.05) is 12.1 Å². The Labute approximate surface area is 123 Å². The molecule has 0 bridgehead atoms. The Hall–Kier alpha value is -1.53. The van der Waals surface area contributed by atoms with Crippen LogP contribution in [0.1, 0.15) is 17.2 Å². The molecule has 1 heterocycles. The van der Waals surface area contributed by atoms with Crippen molar-refractivity contribution in [3.63, 3.8) is 0 Å². The van der Waals surface area contributed by atoms with Gasteiger partial charge in [0, 0.05) is 23.3 Å². The fourth-order valence-electron chi connectivity index (χ4n) is 1.81. The van der Waals surface area contributed by atoms with Gasteiger partial charge in [-0.2, -0.15) is 8.78 Å². The number of aliphatic hydroxyl groups is 1. The van der Waals surface area contributed by atoms with Crippen LogP contribution < -0.4 is 4.74 Å². The van der Waals surface area contributed by atoms with Crippen molar-refractivity contribution >= 4 is 15.9 Å². The quantitative estimate of drug-likeness (QED) is 0.899. The van der Waals surface area contributed by atoms with E-state index in [2.05, 4.69) is 25.7 Å². The highest BCUT2D eigenvalue weighted by Crippen LogP contribution is 2.24. The standard InChI is InChI=1S/C14H12BrF2NO2/c15-11-4-9(7-18-8-11)5-13(19)10-2-1-3-12(6-10)20-14(16)17/h1-4,6-8,13-14,19H,5H2. The van der Waals surface area contributed by atoms with E-state index in [9.17, 15) is 13.9 Å². The van der Waals surface area contributed by atoms with Gasteiger partial charge >= 0.3 is 6.61 Å². The molecule has 1 aromatic carbocycles. The molecule has 3 nitrogen and oxygen atoms in total.